The van der Waals surface area contributed by atoms with Crippen LogP contribution >= 0.6 is 0 Å². The van der Waals surface area contributed by atoms with Crippen LogP contribution in [0.15, 0.2) is 24.3 Å². The smallest absolute Gasteiger partial charge is 0.320 e. The number of hydrogen-bond donors (Lipinski definition) is 2. The van der Waals surface area contributed by atoms with Crippen molar-refractivity contribution in [1.82, 2.24) is 5.32 Å². The number of carbonyl (C=O) groups is 1. The van der Waals surface area contributed by atoms with Gasteiger partial charge >= 0.3 is 5.97 Å². The van der Waals surface area contributed by atoms with Crippen LogP contribution in [-0.4, -0.2) is 30.8 Å². The van der Waals surface area contributed by atoms with Gasteiger partial charge in [0.2, 0.25) is 0 Å². The first-order valence-corrected chi connectivity index (χ1v) is 5.77. The number of aliphatic carboxylic acids is 1. The third-order valence-corrected chi connectivity index (χ3v) is 2.68. The van der Waals surface area contributed by atoms with Gasteiger partial charge in [-0.25, -0.2) is 0 Å². The molecule has 4 nitrogen and oxygen atoms in total. The summed E-state index contributed by atoms with van der Waals surface area (Å²) in [6.45, 7) is 2.49. The topological polar surface area (TPSA) is 58.6 Å². The average molecular weight is 237 g/mol. The lowest BCUT2D eigenvalue weighted by molar-refractivity contribution is -0.139. The molecule has 0 aliphatic carbocycles. The van der Waals surface area contributed by atoms with Gasteiger partial charge in [-0.3, -0.25) is 4.79 Å². The molecule has 4 heteroatoms. The fraction of sp³-hybridized carbons (Fsp3) is 0.462. The summed E-state index contributed by atoms with van der Waals surface area (Å²) in [5, 5.41) is 11.9. The van der Waals surface area contributed by atoms with E-state index in [4.69, 9.17) is 9.84 Å². The van der Waals surface area contributed by atoms with E-state index in [2.05, 4.69) is 5.32 Å². The molecule has 0 radical (unpaired) electrons. The van der Waals surface area contributed by atoms with Crippen molar-refractivity contribution in [1.29, 1.82) is 0 Å². The molecule has 0 amide bonds. The molecule has 1 unspecified atom stereocenters. The zero-order valence-corrected chi connectivity index (χ0v) is 10.3. The molecular formula is C13H19NO3. The number of rotatable bonds is 7. The Balaban J connectivity index is 2.47. The van der Waals surface area contributed by atoms with E-state index in [-0.39, 0.29) is 0 Å². The van der Waals surface area contributed by atoms with Gasteiger partial charge in [-0.05, 0) is 24.5 Å². The van der Waals surface area contributed by atoms with Gasteiger partial charge in [0, 0.05) is 6.54 Å². The first kappa shape index (κ1) is 13.5. The zero-order valence-electron chi connectivity index (χ0n) is 10.3. The summed E-state index contributed by atoms with van der Waals surface area (Å²) in [7, 11) is 1.64. The summed E-state index contributed by atoms with van der Waals surface area (Å²) in [5.41, 5.74) is 1.09. The molecule has 1 rings (SSSR count). The monoisotopic (exact) mass is 237 g/mol. The van der Waals surface area contributed by atoms with Gasteiger partial charge in [0.1, 0.15) is 11.8 Å². The summed E-state index contributed by atoms with van der Waals surface area (Å²) in [5.74, 6) is 0.0465. The van der Waals surface area contributed by atoms with Crippen molar-refractivity contribution in [2.45, 2.75) is 25.8 Å². The van der Waals surface area contributed by atoms with Crippen LogP contribution in [0.2, 0.25) is 0 Å². The van der Waals surface area contributed by atoms with E-state index in [9.17, 15) is 4.79 Å². The number of hydrogen-bond acceptors (Lipinski definition) is 3. The zero-order chi connectivity index (χ0) is 12.7. The van der Waals surface area contributed by atoms with E-state index in [1.165, 1.54) is 0 Å². The van der Waals surface area contributed by atoms with Crippen molar-refractivity contribution < 1.29 is 14.6 Å². The number of carboxylic acids is 1. The maximum atomic E-state index is 10.8. The number of benzene rings is 1. The van der Waals surface area contributed by atoms with Gasteiger partial charge in [0.25, 0.3) is 0 Å². The number of ether oxygens (including phenoxy) is 1. The Morgan fingerprint density at radius 1 is 1.47 bits per heavy atom. The third-order valence-electron chi connectivity index (χ3n) is 2.68. The number of nitrogens with one attached hydrogen (secondary N) is 1. The summed E-state index contributed by atoms with van der Waals surface area (Å²) < 4.78 is 5.23. The lowest BCUT2D eigenvalue weighted by Crippen LogP contribution is -2.37. The van der Waals surface area contributed by atoms with Gasteiger partial charge < -0.3 is 15.2 Å². The molecule has 1 atom stereocenters. The molecule has 0 aromatic heterocycles. The maximum absolute atomic E-state index is 10.8. The Bertz CT molecular complexity index is 365. The molecule has 2 N–H and O–H groups in total. The fourth-order valence-corrected chi connectivity index (χ4v) is 1.70. The largest absolute Gasteiger partial charge is 0.496 e. The molecule has 1 aromatic carbocycles. The lowest BCUT2D eigenvalue weighted by Gasteiger charge is -2.13. The summed E-state index contributed by atoms with van der Waals surface area (Å²) in [6, 6.07) is 7.30. The van der Waals surface area contributed by atoms with E-state index >= 15 is 0 Å². The van der Waals surface area contributed by atoms with Gasteiger partial charge in [-0.15, -0.1) is 0 Å². The Kier molecular flexibility index (Phi) is 5.49. The van der Waals surface area contributed by atoms with Crippen LogP contribution in [0.3, 0.4) is 0 Å². The minimum absolute atomic E-state index is 0.468. The van der Waals surface area contributed by atoms with Crippen molar-refractivity contribution in [3.05, 3.63) is 29.8 Å². The highest BCUT2D eigenvalue weighted by atomic mass is 16.5. The molecule has 0 heterocycles. The standard InChI is InChI=1S/C13H19NO3/c1-3-11(13(15)16)14-9-8-10-6-4-5-7-12(10)17-2/h4-7,11,14H,3,8-9H2,1-2H3,(H,15,16). The van der Waals surface area contributed by atoms with Crippen LogP contribution in [0.1, 0.15) is 18.9 Å². The maximum Gasteiger partial charge on any atom is 0.320 e. The highest BCUT2D eigenvalue weighted by molar-refractivity contribution is 5.73. The first-order valence-electron chi connectivity index (χ1n) is 5.77. The molecule has 0 saturated heterocycles. The first-order chi connectivity index (χ1) is 8.19. The van der Waals surface area contributed by atoms with Crippen molar-refractivity contribution in [2.24, 2.45) is 0 Å². The van der Waals surface area contributed by atoms with Gasteiger partial charge in [0.15, 0.2) is 0 Å². The highest BCUT2D eigenvalue weighted by Gasteiger charge is 2.13. The number of carboxylic acid groups (broad SMARTS) is 1. The van der Waals surface area contributed by atoms with E-state index in [1.54, 1.807) is 7.11 Å². The molecule has 0 spiro atoms. The number of para-hydroxylation sites is 1. The van der Waals surface area contributed by atoms with Crippen LogP contribution in [-0.2, 0) is 11.2 Å². The second-order valence-electron chi connectivity index (χ2n) is 3.82. The van der Waals surface area contributed by atoms with Crippen molar-refractivity contribution in [3.63, 3.8) is 0 Å². The highest BCUT2D eigenvalue weighted by Crippen LogP contribution is 2.17. The predicted molar refractivity (Wildman–Crippen MR) is 66.4 cm³/mol. The van der Waals surface area contributed by atoms with E-state index in [0.29, 0.717) is 13.0 Å². The van der Waals surface area contributed by atoms with E-state index in [0.717, 1.165) is 17.7 Å². The van der Waals surface area contributed by atoms with Crippen molar-refractivity contribution in [3.8, 4) is 5.75 Å². The fourth-order valence-electron chi connectivity index (χ4n) is 1.70. The molecular weight excluding hydrogens is 218 g/mol. The summed E-state index contributed by atoms with van der Waals surface area (Å²) >= 11 is 0. The minimum atomic E-state index is -0.799. The Hall–Kier alpha value is -1.55. The molecule has 17 heavy (non-hydrogen) atoms. The average Bonchev–Trinajstić information content (AvgIpc) is 2.34. The van der Waals surface area contributed by atoms with Crippen LogP contribution < -0.4 is 10.1 Å². The quantitative estimate of drug-likeness (QED) is 0.757. The molecule has 1 aromatic rings. The second-order valence-corrected chi connectivity index (χ2v) is 3.82. The van der Waals surface area contributed by atoms with Gasteiger partial charge in [-0.2, -0.15) is 0 Å². The summed E-state index contributed by atoms with van der Waals surface area (Å²) in [4.78, 5) is 10.8. The van der Waals surface area contributed by atoms with Crippen LogP contribution in [0, 0.1) is 0 Å². The summed E-state index contributed by atoms with van der Waals surface area (Å²) in [6.07, 6.45) is 1.34. The van der Waals surface area contributed by atoms with E-state index in [1.807, 2.05) is 31.2 Å². The molecule has 0 fully saturated rings. The van der Waals surface area contributed by atoms with Crippen LogP contribution in [0.5, 0.6) is 5.75 Å². The molecule has 0 aliphatic heterocycles. The van der Waals surface area contributed by atoms with Crippen molar-refractivity contribution in [2.75, 3.05) is 13.7 Å². The number of methoxy groups -OCH3 is 1. The third kappa shape index (κ3) is 4.07. The van der Waals surface area contributed by atoms with Gasteiger partial charge in [-0.1, -0.05) is 25.1 Å². The van der Waals surface area contributed by atoms with Crippen LogP contribution in [0.25, 0.3) is 0 Å². The SMILES string of the molecule is CCC(NCCc1ccccc1OC)C(=O)O. The van der Waals surface area contributed by atoms with Crippen molar-refractivity contribution >= 4 is 5.97 Å². The predicted octanol–water partition coefficient (Wildman–Crippen LogP) is 1.69. The molecule has 0 bridgehead atoms. The lowest BCUT2D eigenvalue weighted by atomic mass is 10.1. The molecule has 0 aliphatic rings. The molecule has 94 valence electrons. The Labute approximate surface area is 102 Å². The van der Waals surface area contributed by atoms with Crippen LogP contribution in [0.4, 0.5) is 0 Å². The van der Waals surface area contributed by atoms with Gasteiger partial charge in [0.05, 0.1) is 7.11 Å². The Morgan fingerprint density at radius 3 is 2.76 bits per heavy atom. The minimum Gasteiger partial charge on any atom is -0.496 e. The normalized spacial score (nSPS) is 12.1. The second kappa shape index (κ2) is 6.91. The van der Waals surface area contributed by atoms with E-state index < -0.39 is 12.0 Å². The molecule has 0 saturated carbocycles. The Morgan fingerprint density at radius 2 is 2.18 bits per heavy atom.